The van der Waals surface area contributed by atoms with E-state index in [4.69, 9.17) is 11.2 Å². The molecule has 0 amide bonds. The Hall–Kier alpha value is -3.53. The molecule has 26 heavy (non-hydrogen) atoms. The SMILES string of the molecule is C#CCn1c(=O)c2c(nc(-c3cccc(OC)c3)n2C)n(CC=C)c1=O. The van der Waals surface area contributed by atoms with Crippen LogP contribution in [0, 0.1) is 12.3 Å². The van der Waals surface area contributed by atoms with Crippen molar-refractivity contribution in [3.05, 3.63) is 57.8 Å². The molecule has 0 bridgehead atoms. The Balaban J connectivity index is 2.41. The van der Waals surface area contributed by atoms with Gasteiger partial charge >= 0.3 is 5.69 Å². The van der Waals surface area contributed by atoms with Crippen molar-refractivity contribution in [3.8, 4) is 29.5 Å². The lowest BCUT2D eigenvalue weighted by Gasteiger charge is -2.08. The lowest BCUT2D eigenvalue weighted by molar-refractivity contribution is 0.415. The second-order valence-corrected chi connectivity index (χ2v) is 5.68. The van der Waals surface area contributed by atoms with E-state index in [1.807, 2.05) is 24.3 Å². The Labute approximate surface area is 149 Å². The van der Waals surface area contributed by atoms with Gasteiger partial charge in [-0.05, 0) is 12.1 Å². The van der Waals surface area contributed by atoms with Crippen LogP contribution in [-0.2, 0) is 20.1 Å². The van der Waals surface area contributed by atoms with Crippen LogP contribution in [0.3, 0.4) is 0 Å². The van der Waals surface area contributed by atoms with E-state index in [0.29, 0.717) is 22.7 Å². The maximum absolute atomic E-state index is 12.8. The number of benzene rings is 1. The molecule has 2 heterocycles. The number of imidazole rings is 1. The van der Waals surface area contributed by atoms with Gasteiger partial charge in [0.2, 0.25) is 0 Å². The molecule has 0 saturated heterocycles. The molecule has 0 fully saturated rings. The molecule has 1 aromatic carbocycles. The molecule has 0 unspecified atom stereocenters. The molecule has 0 aliphatic heterocycles. The number of aryl methyl sites for hydroxylation is 1. The number of aromatic nitrogens is 4. The van der Waals surface area contributed by atoms with Crippen LogP contribution in [0.25, 0.3) is 22.6 Å². The third kappa shape index (κ3) is 2.62. The van der Waals surface area contributed by atoms with Crippen LogP contribution in [0.2, 0.25) is 0 Å². The number of fused-ring (bicyclic) bond motifs is 1. The number of allylic oxidation sites excluding steroid dienone is 1. The van der Waals surface area contributed by atoms with Crippen molar-refractivity contribution in [2.75, 3.05) is 7.11 Å². The van der Waals surface area contributed by atoms with E-state index in [2.05, 4.69) is 17.5 Å². The van der Waals surface area contributed by atoms with Gasteiger partial charge in [-0.25, -0.2) is 14.3 Å². The second-order valence-electron chi connectivity index (χ2n) is 5.68. The zero-order chi connectivity index (χ0) is 18.8. The molecule has 0 saturated carbocycles. The summed E-state index contributed by atoms with van der Waals surface area (Å²) in [7, 11) is 3.31. The van der Waals surface area contributed by atoms with Gasteiger partial charge in [-0.2, -0.15) is 0 Å². The molecular formula is C19H18N4O3. The minimum Gasteiger partial charge on any atom is -0.497 e. The highest BCUT2D eigenvalue weighted by molar-refractivity contribution is 5.77. The molecule has 0 aliphatic carbocycles. The molecule has 132 valence electrons. The average Bonchev–Trinajstić information content (AvgIpc) is 2.99. The summed E-state index contributed by atoms with van der Waals surface area (Å²) < 4.78 is 9.34. The zero-order valence-corrected chi connectivity index (χ0v) is 14.6. The summed E-state index contributed by atoms with van der Waals surface area (Å²) in [4.78, 5) is 30.0. The smallest absolute Gasteiger partial charge is 0.333 e. The molecule has 0 atom stereocenters. The fourth-order valence-corrected chi connectivity index (χ4v) is 2.91. The summed E-state index contributed by atoms with van der Waals surface area (Å²) in [6, 6.07) is 7.33. The Morgan fingerprint density at radius 3 is 2.77 bits per heavy atom. The minimum atomic E-state index is -0.504. The van der Waals surface area contributed by atoms with Crippen molar-refractivity contribution in [3.63, 3.8) is 0 Å². The maximum Gasteiger partial charge on any atom is 0.333 e. The third-order valence-corrected chi connectivity index (χ3v) is 4.13. The summed E-state index contributed by atoms with van der Waals surface area (Å²) in [6.07, 6.45) is 6.89. The largest absolute Gasteiger partial charge is 0.497 e. The lowest BCUT2D eigenvalue weighted by Crippen LogP contribution is -2.40. The van der Waals surface area contributed by atoms with Crippen LogP contribution in [0.15, 0.2) is 46.5 Å². The lowest BCUT2D eigenvalue weighted by atomic mass is 10.2. The summed E-state index contributed by atoms with van der Waals surface area (Å²) >= 11 is 0. The van der Waals surface area contributed by atoms with E-state index in [9.17, 15) is 9.59 Å². The van der Waals surface area contributed by atoms with Crippen molar-refractivity contribution in [1.82, 2.24) is 18.7 Å². The van der Waals surface area contributed by atoms with Gasteiger partial charge in [0.15, 0.2) is 11.2 Å². The standard InChI is InChI=1S/C19H18N4O3/c1-5-10-22-17-15(18(24)23(11-6-2)19(22)25)21(3)16(20-17)13-8-7-9-14(12-13)26-4/h2,5,7-9,12H,1,10-11H2,3-4H3. The number of hydrogen-bond acceptors (Lipinski definition) is 4. The average molecular weight is 350 g/mol. The Morgan fingerprint density at radius 1 is 1.35 bits per heavy atom. The molecule has 0 radical (unpaired) electrons. The van der Waals surface area contributed by atoms with E-state index in [0.717, 1.165) is 10.1 Å². The van der Waals surface area contributed by atoms with Gasteiger partial charge < -0.3 is 9.30 Å². The van der Waals surface area contributed by atoms with Crippen molar-refractivity contribution in [2.24, 2.45) is 7.05 Å². The number of ether oxygens (including phenoxy) is 1. The van der Waals surface area contributed by atoms with Gasteiger partial charge in [0, 0.05) is 19.2 Å². The number of hydrogen-bond donors (Lipinski definition) is 0. The summed E-state index contributed by atoms with van der Waals surface area (Å²) in [5.74, 6) is 3.57. The molecule has 0 aliphatic rings. The van der Waals surface area contributed by atoms with Gasteiger partial charge in [0.1, 0.15) is 11.6 Å². The highest BCUT2D eigenvalue weighted by Gasteiger charge is 2.20. The molecule has 3 aromatic rings. The van der Waals surface area contributed by atoms with E-state index in [1.54, 1.807) is 24.8 Å². The molecule has 7 heteroatoms. The quantitative estimate of drug-likeness (QED) is 0.515. The number of nitrogens with zero attached hydrogens (tertiary/aromatic N) is 4. The first-order valence-electron chi connectivity index (χ1n) is 7.92. The number of methoxy groups -OCH3 is 1. The van der Waals surface area contributed by atoms with Gasteiger partial charge in [-0.15, -0.1) is 13.0 Å². The van der Waals surface area contributed by atoms with Gasteiger partial charge in [-0.3, -0.25) is 9.36 Å². The highest BCUT2D eigenvalue weighted by atomic mass is 16.5. The Morgan fingerprint density at radius 2 is 2.12 bits per heavy atom. The van der Waals surface area contributed by atoms with Gasteiger partial charge in [0.05, 0.1) is 13.7 Å². The van der Waals surface area contributed by atoms with Gasteiger partial charge in [-0.1, -0.05) is 24.1 Å². The molecule has 2 aromatic heterocycles. The first-order chi connectivity index (χ1) is 12.5. The van der Waals surface area contributed by atoms with Gasteiger partial charge in [0.25, 0.3) is 5.56 Å². The van der Waals surface area contributed by atoms with E-state index < -0.39 is 11.2 Å². The van der Waals surface area contributed by atoms with E-state index >= 15 is 0 Å². The number of terminal acetylenes is 1. The van der Waals surface area contributed by atoms with Crippen LogP contribution in [-0.4, -0.2) is 25.8 Å². The fourth-order valence-electron chi connectivity index (χ4n) is 2.91. The van der Waals surface area contributed by atoms with Crippen LogP contribution < -0.4 is 16.0 Å². The maximum atomic E-state index is 12.8. The third-order valence-electron chi connectivity index (χ3n) is 4.13. The molecule has 7 nitrogen and oxygen atoms in total. The van der Waals surface area contributed by atoms with Crippen LogP contribution in [0.1, 0.15) is 0 Å². The summed E-state index contributed by atoms with van der Waals surface area (Å²) in [6.45, 7) is 3.78. The van der Waals surface area contributed by atoms with Crippen molar-refractivity contribution in [1.29, 1.82) is 0 Å². The second kappa shape index (κ2) is 6.76. The fraction of sp³-hybridized carbons (Fsp3) is 0.211. The monoisotopic (exact) mass is 350 g/mol. The zero-order valence-electron chi connectivity index (χ0n) is 14.6. The number of rotatable bonds is 5. The Kier molecular flexibility index (Phi) is 4.50. The highest BCUT2D eigenvalue weighted by Crippen LogP contribution is 2.24. The normalized spacial score (nSPS) is 10.7. The predicted molar refractivity (Wildman–Crippen MR) is 100 cm³/mol. The first kappa shape index (κ1) is 17.3. The van der Waals surface area contributed by atoms with E-state index in [1.165, 1.54) is 4.57 Å². The molecular weight excluding hydrogens is 332 g/mol. The van der Waals surface area contributed by atoms with Crippen LogP contribution in [0.4, 0.5) is 0 Å². The van der Waals surface area contributed by atoms with Crippen LogP contribution >= 0.6 is 0 Å². The van der Waals surface area contributed by atoms with E-state index in [-0.39, 0.29) is 13.1 Å². The summed E-state index contributed by atoms with van der Waals surface area (Å²) in [5.41, 5.74) is 0.402. The van der Waals surface area contributed by atoms with Crippen molar-refractivity contribution < 1.29 is 4.74 Å². The van der Waals surface area contributed by atoms with Crippen molar-refractivity contribution in [2.45, 2.75) is 13.1 Å². The topological polar surface area (TPSA) is 71.1 Å². The Bertz CT molecular complexity index is 1160. The predicted octanol–water partition coefficient (Wildman–Crippen LogP) is 1.39. The minimum absolute atomic E-state index is 0.107. The summed E-state index contributed by atoms with van der Waals surface area (Å²) in [5, 5.41) is 0. The molecule has 0 N–H and O–H groups in total. The van der Waals surface area contributed by atoms with Crippen LogP contribution in [0.5, 0.6) is 5.75 Å². The van der Waals surface area contributed by atoms with Crippen molar-refractivity contribution >= 4 is 11.2 Å². The first-order valence-corrected chi connectivity index (χ1v) is 7.92. The molecule has 0 spiro atoms. The molecule has 3 rings (SSSR count).